The summed E-state index contributed by atoms with van der Waals surface area (Å²) in [5.41, 5.74) is 7.27. The van der Waals surface area contributed by atoms with Crippen molar-refractivity contribution in [2.75, 3.05) is 14.2 Å². The Bertz CT molecular complexity index is 1940. The van der Waals surface area contributed by atoms with Gasteiger partial charge in [-0.25, -0.2) is 0 Å². The maximum atomic E-state index is 13.4. The highest BCUT2D eigenvalue weighted by atomic mass is 16.5. The first-order valence-corrected chi connectivity index (χ1v) is 14.6. The van der Waals surface area contributed by atoms with Crippen LogP contribution in [0.15, 0.2) is 48.5 Å². The molecule has 41 heavy (non-hydrogen) atoms. The number of nitrogens with one attached hydrogen (secondary N) is 1. The first-order chi connectivity index (χ1) is 19.8. The number of amides is 1. The van der Waals surface area contributed by atoms with Gasteiger partial charge in [-0.3, -0.25) is 9.59 Å². The molecule has 2 aliphatic heterocycles. The van der Waals surface area contributed by atoms with E-state index in [0.717, 1.165) is 25.9 Å². The lowest BCUT2D eigenvalue weighted by molar-refractivity contribution is -0.146. The first kappa shape index (κ1) is 24.9. The molecule has 2 aromatic heterocycles. The van der Waals surface area contributed by atoms with Crippen molar-refractivity contribution in [3.05, 3.63) is 59.7 Å². The van der Waals surface area contributed by atoms with Crippen LogP contribution in [0.4, 0.5) is 0 Å². The standard InChI is InChI=1S/C33H34N4O4/c1-33-15-18(14-25(32(33)41-3)35(2)26(38)12-13-27(39)40)36-23-10-6-4-8-19(23)28-21-16-34-17-22(21)29-20-9-5-7-11-24(20)37(33)31(29)30(28)36/h4-11,18,25,32,34H,12-17H2,1-3H3,(H,39,40)/t18-,25+,32+,33-/m0/s1. The number of rotatable bonds is 5. The summed E-state index contributed by atoms with van der Waals surface area (Å²) in [4.78, 5) is 26.4. The maximum Gasteiger partial charge on any atom is 0.303 e. The molecular weight excluding hydrogens is 516 g/mol. The zero-order chi connectivity index (χ0) is 28.2. The molecular formula is C33H34N4O4. The molecule has 1 amide bonds. The fourth-order valence-electron chi connectivity index (χ4n) is 8.74. The third-order valence-electron chi connectivity index (χ3n) is 10.3. The van der Waals surface area contributed by atoms with Crippen LogP contribution >= 0.6 is 0 Å². The molecule has 0 saturated heterocycles. The Morgan fingerprint density at radius 2 is 1.63 bits per heavy atom. The predicted molar refractivity (Wildman–Crippen MR) is 159 cm³/mol. The monoisotopic (exact) mass is 550 g/mol. The van der Waals surface area contributed by atoms with E-state index >= 15 is 0 Å². The van der Waals surface area contributed by atoms with Crippen LogP contribution in [0.1, 0.15) is 49.8 Å². The van der Waals surface area contributed by atoms with E-state index in [4.69, 9.17) is 4.74 Å². The van der Waals surface area contributed by atoms with E-state index in [-0.39, 0.29) is 36.9 Å². The van der Waals surface area contributed by atoms with Crippen LogP contribution in [0.25, 0.3) is 43.6 Å². The molecule has 1 saturated carbocycles. The quantitative estimate of drug-likeness (QED) is 0.311. The van der Waals surface area contributed by atoms with E-state index in [1.807, 2.05) is 7.05 Å². The molecule has 8 rings (SSSR count). The van der Waals surface area contributed by atoms with Gasteiger partial charge in [0.15, 0.2) is 0 Å². The van der Waals surface area contributed by atoms with Gasteiger partial charge in [-0.1, -0.05) is 36.4 Å². The van der Waals surface area contributed by atoms with Gasteiger partial charge in [0.1, 0.15) is 6.10 Å². The fourth-order valence-corrected chi connectivity index (χ4v) is 8.74. The van der Waals surface area contributed by atoms with E-state index < -0.39 is 11.5 Å². The number of carboxylic acids is 1. The molecule has 5 aromatic rings. The predicted octanol–water partition coefficient (Wildman–Crippen LogP) is 5.28. The number of fused-ring (bicyclic) bond motifs is 13. The second-order valence-electron chi connectivity index (χ2n) is 12.3. The Balaban J connectivity index is 1.49. The van der Waals surface area contributed by atoms with Crippen LogP contribution in [0.5, 0.6) is 0 Å². The summed E-state index contributed by atoms with van der Waals surface area (Å²) in [6.45, 7) is 3.99. The molecule has 0 unspecified atom stereocenters. The number of nitrogens with zero attached hydrogens (tertiary/aromatic N) is 3. The number of likely N-dealkylation sites (N-methyl/N-ethyl adjacent to an activating group) is 1. The maximum absolute atomic E-state index is 13.4. The lowest BCUT2D eigenvalue weighted by Crippen LogP contribution is -2.60. The van der Waals surface area contributed by atoms with Gasteiger partial charge < -0.3 is 29.2 Å². The first-order valence-electron chi connectivity index (χ1n) is 14.6. The smallest absolute Gasteiger partial charge is 0.303 e. The number of hydrogen-bond donors (Lipinski definition) is 2. The minimum absolute atomic E-state index is 0.0204. The highest BCUT2D eigenvalue weighted by Gasteiger charge is 2.53. The molecule has 3 aliphatic rings. The summed E-state index contributed by atoms with van der Waals surface area (Å²) in [5.74, 6) is -1.12. The van der Waals surface area contributed by atoms with E-state index in [1.54, 1.807) is 12.0 Å². The van der Waals surface area contributed by atoms with Gasteiger partial charge in [0.2, 0.25) is 5.91 Å². The zero-order valence-corrected chi connectivity index (χ0v) is 23.6. The Morgan fingerprint density at radius 3 is 2.32 bits per heavy atom. The number of para-hydroxylation sites is 2. The minimum atomic E-state index is -0.959. The van der Waals surface area contributed by atoms with Gasteiger partial charge >= 0.3 is 5.97 Å². The van der Waals surface area contributed by atoms with Gasteiger partial charge in [0, 0.05) is 72.3 Å². The van der Waals surface area contributed by atoms with Crippen molar-refractivity contribution in [3.8, 4) is 0 Å². The number of aromatic nitrogens is 2. The minimum Gasteiger partial charge on any atom is -0.481 e. The Kier molecular flexibility index (Phi) is 5.20. The summed E-state index contributed by atoms with van der Waals surface area (Å²) in [6, 6.07) is 17.4. The lowest BCUT2D eigenvalue weighted by atomic mass is 9.74. The number of carbonyl (C=O) groups is 2. The molecule has 210 valence electrons. The second kappa shape index (κ2) is 8.57. The van der Waals surface area contributed by atoms with Gasteiger partial charge in [-0.05, 0) is 43.0 Å². The molecule has 0 radical (unpaired) electrons. The number of methoxy groups -OCH3 is 1. The van der Waals surface area contributed by atoms with Crippen LogP contribution in [-0.2, 0) is 33.0 Å². The number of carbonyl (C=O) groups excluding carboxylic acids is 1. The number of benzene rings is 3. The summed E-state index contributed by atoms with van der Waals surface area (Å²) < 4.78 is 11.5. The van der Waals surface area contributed by atoms with Crippen molar-refractivity contribution in [1.29, 1.82) is 0 Å². The lowest BCUT2D eigenvalue weighted by Gasteiger charge is -2.51. The summed E-state index contributed by atoms with van der Waals surface area (Å²) >= 11 is 0. The summed E-state index contributed by atoms with van der Waals surface area (Å²) in [6.07, 6.45) is 1.11. The molecule has 1 aliphatic carbocycles. The third-order valence-corrected chi connectivity index (χ3v) is 10.3. The van der Waals surface area contributed by atoms with E-state index in [2.05, 4.69) is 69.9 Å². The SMILES string of the molecule is CO[C@@H]1[C@H](N(C)C(=O)CCC(=O)O)C[C@H]2C[C@]1(C)n1c3ccccc3c3c4c(c5c6ccccc6n2c5c31)CNC4. The van der Waals surface area contributed by atoms with E-state index in [1.165, 1.54) is 54.7 Å². The van der Waals surface area contributed by atoms with Crippen molar-refractivity contribution >= 4 is 55.5 Å². The van der Waals surface area contributed by atoms with Gasteiger partial charge in [-0.15, -0.1) is 0 Å². The van der Waals surface area contributed by atoms with E-state index in [0.29, 0.717) is 0 Å². The van der Waals surface area contributed by atoms with Gasteiger partial charge in [0.25, 0.3) is 0 Å². The molecule has 1 fully saturated rings. The molecule has 3 aromatic carbocycles. The summed E-state index contributed by atoms with van der Waals surface area (Å²) in [5, 5.41) is 18.1. The molecule has 8 nitrogen and oxygen atoms in total. The number of carboxylic acid groups (broad SMARTS) is 1. The Labute approximate surface area is 237 Å². The highest BCUT2D eigenvalue weighted by Crippen LogP contribution is 2.55. The van der Waals surface area contributed by atoms with E-state index in [9.17, 15) is 14.7 Å². The van der Waals surface area contributed by atoms with Crippen molar-refractivity contribution in [2.24, 2.45) is 0 Å². The van der Waals surface area contributed by atoms with Crippen LogP contribution in [0, 0.1) is 0 Å². The molecule has 8 heteroatoms. The molecule has 4 atom stereocenters. The molecule has 0 spiro atoms. The van der Waals surface area contributed by atoms with Gasteiger partial charge in [0.05, 0.1) is 29.0 Å². The van der Waals surface area contributed by atoms with Crippen LogP contribution in [0.2, 0.25) is 0 Å². The van der Waals surface area contributed by atoms with Crippen molar-refractivity contribution in [1.82, 2.24) is 19.4 Å². The normalized spacial score (nSPS) is 24.9. The number of aliphatic carboxylic acids is 1. The van der Waals surface area contributed by atoms with Crippen LogP contribution in [0.3, 0.4) is 0 Å². The third kappa shape index (κ3) is 3.12. The Hall–Kier alpha value is -3.88. The molecule has 2 bridgehead atoms. The van der Waals surface area contributed by atoms with Crippen molar-refractivity contribution < 1.29 is 19.4 Å². The van der Waals surface area contributed by atoms with Crippen LogP contribution < -0.4 is 5.32 Å². The number of hydrogen-bond acceptors (Lipinski definition) is 4. The van der Waals surface area contributed by atoms with Crippen molar-refractivity contribution in [2.45, 2.75) is 69.4 Å². The fraction of sp³-hybridized carbons (Fsp3) is 0.394. The van der Waals surface area contributed by atoms with Crippen molar-refractivity contribution in [3.63, 3.8) is 0 Å². The molecule has 4 heterocycles. The topological polar surface area (TPSA) is 88.7 Å². The average molecular weight is 551 g/mol. The summed E-state index contributed by atoms with van der Waals surface area (Å²) in [7, 11) is 3.58. The van der Waals surface area contributed by atoms with Crippen LogP contribution in [-0.4, -0.2) is 57.3 Å². The second-order valence-corrected chi connectivity index (χ2v) is 12.3. The Morgan fingerprint density at radius 1 is 1.00 bits per heavy atom. The number of ether oxygens (including phenoxy) is 1. The van der Waals surface area contributed by atoms with Gasteiger partial charge in [-0.2, -0.15) is 0 Å². The zero-order valence-electron chi connectivity index (χ0n) is 23.6. The largest absolute Gasteiger partial charge is 0.481 e. The highest BCUT2D eigenvalue weighted by molar-refractivity contribution is 6.25. The molecule has 2 N–H and O–H groups in total. The average Bonchev–Trinajstić information content (AvgIpc) is 3.65.